The van der Waals surface area contributed by atoms with E-state index in [1.54, 1.807) is 23.9 Å². The zero-order valence-electron chi connectivity index (χ0n) is 10.8. The molecule has 0 spiro atoms. The van der Waals surface area contributed by atoms with Crippen LogP contribution in [0.15, 0.2) is 61.6 Å². The van der Waals surface area contributed by atoms with Gasteiger partial charge in [0.15, 0.2) is 9.84 Å². The molecule has 0 bridgehead atoms. The molecule has 0 amide bonds. The van der Waals surface area contributed by atoms with E-state index in [0.717, 1.165) is 19.8 Å². The maximum Gasteiger partial charge on any atom is 0.175 e. The van der Waals surface area contributed by atoms with Crippen molar-refractivity contribution in [1.82, 2.24) is 0 Å². The van der Waals surface area contributed by atoms with Crippen molar-refractivity contribution in [2.45, 2.75) is 21.2 Å². The summed E-state index contributed by atoms with van der Waals surface area (Å²) in [6, 6.07) is 12.8. The van der Waals surface area contributed by atoms with Crippen molar-refractivity contribution in [3.05, 3.63) is 52.5 Å². The summed E-state index contributed by atoms with van der Waals surface area (Å²) >= 11 is 5.09. The fraction of sp³-hybridized carbons (Fsp3) is 0.143. The lowest BCUT2D eigenvalue weighted by atomic mass is 10.2. The first-order valence-electron chi connectivity index (χ1n) is 5.86. The summed E-state index contributed by atoms with van der Waals surface area (Å²) in [5.41, 5.74) is 6.66. The normalized spacial score (nSPS) is 11.6. The van der Waals surface area contributed by atoms with E-state index in [1.807, 2.05) is 30.3 Å². The highest BCUT2D eigenvalue weighted by atomic mass is 79.9. The van der Waals surface area contributed by atoms with Crippen LogP contribution in [-0.4, -0.2) is 14.7 Å². The van der Waals surface area contributed by atoms with Gasteiger partial charge in [-0.25, -0.2) is 8.42 Å². The largest absolute Gasteiger partial charge is 0.326 e. The van der Waals surface area contributed by atoms with Crippen molar-refractivity contribution in [1.29, 1.82) is 0 Å². The highest BCUT2D eigenvalue weighted by molar-refractivity contribution is 9.10. The predicted octanol–water partition coefficient (Wildman–Crippen LogP) is 3.46. The molecule has 106 valence electrons. The van der Waals surface area contributed by atoms with E-state index in [4.69, 9.17) is 5.73 Å². The molecule has 3 nitrogen and oxygen atoms in total. The highest BCUT2D eigenvalue weighted by Crippen LogP contribution is 2.34. The number of rotatable bonds is 4. The minimum Gasteiger partial charge on any atom is -0.326 e. The Balaban J connectivity index is 2.22. The third-order valence-corrected chi connectivity index (χ3v) is 5.84. The summed E-state index contributed by atoms with van der Waals surface area (Å²) < 4.78 is 23.8. The molecular weight excluding hydrogens is 358 g/mol. The molecule has 0 heterocycles. The lowest BCUT2D eigenvalue weighted by Crippen LogP contribution is -1.96. The van der Waals surface area contributed by atoms with Gasteiger partial charge in [-0.2, -0.15) is 0 Å². The van der Waals surface area contributed by atoms with Gasteiger partial charge in [0.1, 0.15) is 0 Å². The lowest BCUT2D eigenvalue weighted by molar-refractivity contribution is 0.602. The molecule has 0 saturated heterocycles. The van der Waals surface area contributed by atoms with Crippen LogP contribution in [0.1, 0.15) is 5.56 Å². The number of sulfone groups is 1. The topological polar surface area (TPSA) is 60.2 Å². The van der Waals surface area contributed by atoms with Gasteiger partial charge in [-0.15, -0.1) is 0 Å². The minimum absolute atomic E-state index is 0.333. The summed E-state index contributed by atoms with van der Waals surface area (Å²) in [5.74, 6) is 0. The van der Waals surface area contributed by atoms with Crippen LogP contribution >= 0.6 is 27.7 Å². The van der Waals surface area contributed by atoms with Crippen molar-refractivity contribution in [2.24, 2.45) is 5.73 Å². The average Bonchev–Trinajstić information content (AvgIpc) is 2.40. The Bertz CT molecular complexity index is 712. The first kappa shape index (κ1) is 15.6. The number of nitrogens with two attached hydrogens (primary N) is 1. The zero-order valence-corrected chi connectivity index (χ0v) is 14.1. The molecule has 0 saturated carbocycles. The van der Waals surface area contributed by atoms with Crippen LogP contribution in [0, 0.1) is 0 Å². The predicted molar refractivity (Wildman–Crippen MR) is 85.7 cm³/mol. The van der Waals surface area contributed by atoms with Gasteiger partial charge in [0.05, 0.1) is 4.90 Å². The van der Waals surface area contributed by atoms with Crippen molar-refractivity contribution in [3.8, 4) is 0 Å². The first-order chi connectivity index (χ1) is 9.40. The van der Waals surface area contributed by atoms with Gasteiger partial charge in [0.25, 0.3) is 0 Å². The SMILES string of the molecule is CS(=O)(=O)c1ccc(Sc2ccc(CN)cc2Br)cc1. The fourth-order valence-electron chi connectivity index (χ4n) is 1.64. The second-order valence-corrected chi connectivity index (χ2v) is 8.30. The third-order valence-electron chi connectivity index (χ3n) is 2.71. The second-order valence-electron chi connectivity index (χ2n) is 4.31. The van der Waals surface area contributed by atoms with E-state index < -0.39 is 9.84 Å². The Morgan fingerprint density at radius 3 is 2.30 bits per heavy atom. The number of halogens is 1. The van der Waals surface area contributed by atoms with Gasteiger partial charge in [0.2, 0.25) is 0 Å². The first-order valence-corrected chi connectivity index (χ1v) is 9.37. The van der Waals surface area contributed by atoms with Crippen LogP contribution in [0.2, 0.25) is 0 Å². The summed E-state index contributed by atoms with van der Waals surface area (Å²) in [5, 5.41) is 0. The summed E-state index contributed by atoms with van der Waals surface area (Å²) in [7, 11) is -3.14. The van der Waals surface area contributed by atoms with Gasteiger partial charge in [-0.3, -0.25) is 0 Å². The van der Waals surface area contributed by atoms with Gasteiger partial charge >= 0.3 is 0 Å². The van der Waals surface area contributed by atoms with E-state index in [9.17, 15) is 8.42 Å². The van der Waals surface area contributed by atoms with Crippen LogP contribution in [0.5, 0.6) is 0 Å². The van der Waals surface area contributed by atoms with Crippen LogP contribution < -0.4 is 5.73 Å². The summed E-state index contributed by atoms with van der Waals surface area (Å²) in [6.45, 7) is 0.507. The van der Waals surface area contributed by atoms with E-state index in [0.29, 0.717) is 11.4 Å². The monoisotopic (exact) mass is 371 g/mol. The molecule has 0 atom stereocenters. The van der Waals surface area contributed by atoms with Crippen LogP contribution in [0.4, 0.5) is 0 Å². The van der Waals surface area contributed by atoms with Crippen molar-refractivity contribution < 1.29 is 8.42 Å². The van der Waals surface area contributed by atoms with Gasteiger partial charge in [0, 0.05) is 27.1 Å². The van der Waals surface area contributed by atoms with Crippen LogP contribution in [0.3, 0.4) is 0 Å². The van der Waals surface area contributed by atoms with Crippen LogP contribution in [0.25, 0.3) is 0 Å². The van der Waals surface area contributed by atoms with E-state index in [2.05, 4.69) is 15.9 Å². The fourth-order valence-corrected chi connectivity index (χ4v) is 3.75. The van der Waals surface area contributed by atoms with E-state index in [-0.39, 0.29) is 0 Å². The Labute approximate surface area is 131 Å². The van der Waals surface area contributed by atoms with Gasteiger partial charge in [-0.05, 0) is 57.9 Å². The van der Waals surface area contributed by atoms with Crippen molar-refractivity contribution in [2.75, 3.05) is 6.26 Å². The van der Waals surface area contributed by atoms with Gasteiger partial charge < -0.3 is 5.73 Å². The molecule has 0 unspecified atom stereocenters. The molecule has 0 aliphatic rings. The molecule has 2 N–H and O–H groups in total. The molecular formula is C14H14BrNO2S2. The second kappa shape index (κ2) is 6.30. The number of hydrogen-bond acceptors (Lipinski definition) is 4. The molecule has 2 rings (SSSR count). The Morgan fingerprint density at radius 1 is 1.15 bits per heavy atom. The van der Waals surface area contributed by atoms with Crippen LogP contribution in [-0.2, 0) is 16.4 Å². The number of hydrogen-bond donors (Lipinski definition) is 1. The molecule has 0 radical (unpaired) electrons. The molecule has 2 aromatic rings. The number of benzene rings is 2. The van der Waals surface area contributed by atoms with Crippen molar-refractivity contribution >= 4 is 37.5 Å². The Kier molecular flexibility index (Phi) is 4.90. The average molecular weight is 372 g/mol. The standard InChI is InChI=1S/C14H14BrNO2S2/c1-20(17,18)12-5-3-11(4-6-12)19-14-7-2-10(9-16)8-13(14)15/h2-8H,9,16H2,1H3. The lowest BCUT2D eigenvalue weighted by Gasteiger charge is -2.07. The molecule has 0 aromatic heterocycles. The molecule has 20 heavy (non-hydrogen) atoms. The smallest absolute Gasteiger partial charge is 0.175 e. The van der Waals surface area contributed by atoms with Crippen molar-refractivity contribution in [3.63, 3.8) is 0 Å². The van der Waals surface area contributed by atoms with E-state index in [1.165, 1.54) is 6.26 Å². The van der Waals surface area contributed by atoms with E-state index >= 15 is 0 Å². The quantitative estimate of drug-likeness (QED) is 0.893. The molecule has 2 aromatic carbocycles. The molecule has 6 heteroatoms. The molecule has 0 aliphatic carbocycles. The maximum absolute atomic E-state index is 11.4. The maximum atomic E-state index is 11.4. The Morgan fingerprint density at radius 2 is 1.80 bits per heavy atom. The Hall–Kier alpha value is -0.820. The zero-order chi connectivity index (χ0) is 14.8. The van der Waals surface area contributed by atoms with Gasteiger partial charge in [-0.1, -0.05) is 17.8 Å². The minimum atomic E-state index is -3.14. The molecule has 0 fully saturated rings. The third kappa shape index (κ3) is 3.85. The summed E-state index contributed by atoms with van der Waals surface area (Å²) in [4.78, 5) is 2.38. The highest BCUT2D eigenvalue weighted by Gasteiger charge is 2.08. The molecule has 0 aliphatic heterocycles. The summed E-state index contributed by atoms with van der Waals surface area (Å²) in [6.07, 6.45) is 1.21.